The van der Waals surface area contributed by atoms with Gasteiger partial charge in [0.05, 0.1) is 7.11 Å². The van der Waals surface area contributed by atoms with E-state index in [-0.39, 0.29) is 5.75 Å². The van der Waals surface area contributed by atoms with Gasteiger partial charge < -0.3 is 14.7 Å². The Balaban J connectivity index is 2.19. The van der Waals surface area contributed by atoms with Gasteiger partial charge >= 0.3 is 0 Å². The van der Waals surface area contributed by atoms with Crippen molar-refractivity contribution in [1.29, 1.82) is 0 Å². The first kappa shape index (κ1) is 13.3. The second kappa shape index (κ2) is 6.14. The van der Waals surface area contributed by atoms with Crippen LogP contribution in [0, 0.1) is 0 Å². The smallest absolute Gasteiger partial charge is 0.124 e. The number of ether oxygens (including phenoxy) is 1. The maximum Gasteiger partial charge on any atom is 0.124 e. The van der Waals surface area contributed by atoms with Gasteiger partial charge in [-0.3, -0.25) is 0 Å². The largest absolute Gasteiger partial charge is 0.507 e. The van der Waals surface area contributed by atoms with Gasteiger partial charge in [0, 0.05) is 30.4 Å². The predicted octanol–water partition coefficient (Wildman–Crippen LogP) is 3.43. The van der Waals surface area contributed by atoms with E-state index < -0.39 is 0 Å². The number of hydrogen-bond donors (Lipinski definition) is 1. The van der Waals surface area contributed by atoms with Crippen molar-refractivity contribution >= 4 is 5.69 Å². The van der Waals surface area contributed by atoms with Crippen LogP contribution in [0.25, 0.3) is 0 Å². The molecule has 0 aromatic heterocycles. The van der Waals surface area contributed by atoms with E-state index in [4.69, 9.17) is 4.74 Å². The van der Waals surface area contributed by atoms with Crippen LogP contribution in [0.3, 0.4) is 0 Å². The summed E-state index contributed by atoms with van der Waals surface area (Å²) in [4.78, 5) is 2.21. The molecule has 0 amide bonds. The zero-order valence-corrected chi connectivity index (χ0v) is 11.3. The lowest BCUT2D eigenvalue weighted by Crippen LogP contribution is -2.21. The summed E-state index contributed by atoms with van der Waals surface area (Å²) in [6.45, 7) is 3.67. The first-order valence-corrected chi connectivity index (χ1v) is 6.40. The van der Waals surface area contributed by atoms with Gasteiger partial charge in [0.2, 0.25) is 0 Å². The average molecular weight is 257 g/mol. The third kappa shape index (κ3) is 3.19. The molecule has 0 spiro atoms. The number of para-hydroxylation sites is 1. The first-order chi connectivity index (χ1) is 9.24. The topological polar surface area (TPSA) is 32.7 Å². The van der Waals surface area contributed by atoms with Gasteiger partial charge in [0.1, 0.15) is 11.5 Å². The molecule has 0 fully saturated rings. The van der Waals surface area contributed by atoms with Crippen molar-refractivity contribution in [2.45, 2.75) is 13.5 Å². The molecule has 0 bridgehead atoms. The van der Waals surface area contributed by atoms with Gasteiger partial charge in [-0.05, 0) is 31.2 Å². The molecule has 0 saturated heterocycles. The third-order valence-corrected chi connectivity index (χ3v) is 3.16. The van der Waals surface area contributed by atoms with Gasteiger partial charge in [-0.15, -0.1) is 0 Å². The summed E-state index contributed by atoms with van der Waals surface area (Å²) >= 11 is 0. The molecule has 3 heteroatoms. The molecule has 0 aliphatic carbocycles. The van der Waals surface area contributed by atoms with Crippen LogP contribution in [-0.2, 0) is 6.54 Å². The molecular formula is C16H19NO2. The van der Waals surface area contributed by atoms with Crippen LogP contribution < -0.4 is 9.64 Å². The van der Waals surface area contributed by atoms with Crippen LogP contribution in [0.1, 0.15) is 12.5 Å². The zero-order chi connectivity index (χ0) is 13.7. The number of phenolic OH excluding ortho intramolecular Hbond substituents is 1. The predicted molar refractivity (Wildman–Crippen MR) is 77.8 cm³/mol. The number of benzene rings is 2. The van der Waals surface area contributed by atoms with Crippen LogP contribution in [0.5, 0.6) is 11.5 Å². The minimum atomic E-state index is 0.272. The lowest BCUT2D eigenvalue weighted by atomic mass is 10.1. The fourth-order valence-electron chi connectivity index (χ4n) is 2.03. The summed E-state index contributed by atoms with van der Waals surface area (Å²) in [6, 6.07) is 15.6. The van der Waals surface area contributed by atoms with Crippen molar-refractivity contribution in [1.82, 2.24) is 0 Å². The Kier molecular flexibility index (Phi) is 4.29. The maximum absolute atomic E-state index is 10.0. The maximum atomic E-state index is 10.0. The number of anilines is 1. The molecule has 2 rings (SSSR count). The standard InChI is InChI=1S/C16H19NO2/c1-3-17(14-7-5-4-6-8-14)12-13-9-10-15(19-2)11-16(13)18/h4-11,18H,3,12H2,1-2H3. The van der Waals surface area contributed by atoms with Crippen LogP contribution in [0.2, 0.25) is 0 Å². The molecule has 1 N–H and O–H groups in total. The first-order valence-electron chi connectivity index (χ1n) is 6.40. The Morgan fingerprint density at radius 2 is 1.84 bits per heavy atom. The summed E-state index contributed by atoms with van der Waals surface area (Å²) in [5.41, 5.74) is 2.05. The quantitative estimate of drug-likeness (QED) is 0.890. The van der Waals surface area contributed by atoms with E-state index >= 15 is 0 Å². The van der Waals surface area contributed by atoms with E-state index in [1.807, 2.05) is 30.3 Å². The second-order valence-corrected chi connectivity index (χ2v) is 4.34. The number of phenols is 1. The average Bonchev–Trinajstić information content (AvgIpc) is 2.47. The fourth-order valence-corrected chi connectivity index (χ4v) is 2.03. The van der Waals surface area contributed by atoms with E-state index in [9.17, 15) is 5.11 Å². The lowest BCUT2D eigenvalue weighted by Gasteiger charge is -2.23. The van der Waals surface area contributed by atoms with Crippen molar-refractivity contribution in [3.8, 4) is 11.5 Å². The molecule has 0 radical (unpaired) electrons. The minimum absolute atomic E-state index is 0.272. The van der Waals surface area contributed by atoms with Gasteiger partial charge in [0.15, 0.2) is 0 Å². The van der Waals surface area contributed by atoms with E-state index in [1.54, 1.807) is 13.2 Å². The van der Waals surface area contributed by atoms with E-state index in [2.05, 4.69) is 24.0 Å². The molecule has 0 aliphatic rings. The van der Waals surface area contributed by atoms with Gasteiger partial charge in [-0.1, -0.05) is 18.2 Å². The summed E-state index contributed by atoms with van der Waals surface area (Å²) in [5, 5.41) is 10.0. The van der Waals surface area contributed by atoms with Gasteiger partial charge in [-0.25, -0.2) is 0 Å². The number of hydrogen-bond acceptors (Lipinski definition) is 3. The van der Waals surface area contributed by atoms with Gasteiger partial charge in [-0.2, -0.15) is 0 Å². The van der Waals surface area contributed by atoms with Crippen molar-refractivity contribution in [3.05, 3.63) is 54.1 Å². The summed E-state index contributed by atoms with van der Waals surface area (Å²) < 4.78 is 5.09. The lowest BCUT2D eigenvalue weighted by molar-refractivity contribution is 0.406. The Morgan fingerprint density at radius 1 is 1.11 bits per heavy atom. The molecule has 0 heterocycles. The number of aromatic hydroxyl groups is 1. The highest BCUT2D eigenvalue weighted by Crippen LogP contribution is 2.26. The fraction of sp³-hybridized carbons (Fsp3) is 0.250. The molecule has 0 unspecified atom stereocenters. The highest BCUT2D eigenvalue weighted by atomic mass is 16.5. The summed E-state index contributed by atoms with van der Waals surface area (Å²) in [7, 11) is 1.59. The van der Waals surface area contributed by atoms with Crippen LogP contribution in [-0.4, -0.2) is 18.8 Å². The highest BCUT2D eigenvalue weighted by molar-refractivity contribution is 5.48. The zero-order valence-electron chi connectivity index (χ0n) is 11.3. The Hall–Kier alpha value is -2.16. The molecule has 0 saturated carbocycles. The number of methoxy groups -OCH3 is 1. The van der Waals surface area contributed by atoms with Crippen LogP contribution in [0.15, 0.2) is 48.5 Å². The monoisotopic (exact) mass is 257 g/mol. The van der Waals surface area contributed by atoms with Gasteiger partial charge in [0.25, 0.3) is 0 Å². The third-order valence-electron chi connectivity index (χ3n) is 3.16. The minimum Gasteiger partial charge on any atom is -0.507 e. The Bertz CT molecular complexity index is 526. The molecule has 0 aliphatic heterocycles. The molecule has 100 valence electrons. The SMILES string of the molecule is CCN(Cc1ccc(OC)cc1O)c1ccccc1. The normalized spacial score (nSPS) is 10.2. The Morgan fingerprint density at radius 3 is 2.42 bits per heavy atom. The van der Waals surface area contributed by atoms with Crippen LogP contribution in [0.4, 0.5) is 5.69 Å². The molecule has 2 aromatic rings. The van der Waals surface area contributed by atoms with Crippen LogP contribution >= 0.6 is 0 Å². The van der Waals surface area contributed by atoms with Crippen molar-refractivity contribution in [2.75, 3.05) is 18.6 Å². The van der Waals surface area contributed by atoms with E-state index in [1.165, 1.54) is 0 Å². The molecule has 2 aromatic carbocycles. The summed E-state index contributed by atoms with van der Waals surface area (Å²) in [5.74, 6) is 0.942. The second-order valence-electron chi connectivity index (χ2n) is 4.34. The molecule has 19 heavy (non-hydrogen) atoms. The number of rotatable bonds is 5. The van der Waals surface area contributed by atoms with E-state index in [0.29, 0.717) is 12.3 Å². The number of nitrogens with zero attached hydrogens (tertiary/aromatic N) is 1. The molecule has 3 nitrogen and oxygen atoms in total. The Labute approximate surface area is 114 Å². The van der Waals surface area contributed by atoms with Crippen molar-refractivity contribution < 1.29 is 9.84 Å². The van der Waals surface area contributed by atoms with Crippen molar-refractivity contribution in [2.24, 2.45) is 0 Å². The van der Waals surface area contributed by atoms with E-state index in [0.717, 1.165) is 17.8 Å². The highest BCUT2D eigenvalue weighted by Gasteiger charge is 2.09. The van der Waals surface area contributed by atoms with Crippen molar-refractivity contribution in [3.63, 3.8) is 0 Å². The molecule has 0 atom stereocenters. The summed E-state index contributed by atoms with van der Waals surface area (Å²) in [6.07, 6.45) is 0. The molecular weight excluding hydrogens is 238 g/mol.